The van der Waals surface area contributed by atoms with Crippen molar-refractivity contribution in [2.24, 2.45) is 0 Å². The fourth-order valence-electron chi connectivity index (χ4n) is 5.29. The summed E-state index contributed by atoms with van der Waals surface area (Å²) >= 11 is 1.53. The molecule has 1 aliphatic heterocycles. The van der Waals surface area contributed by atoms with Crippen LogP contribution in [0.25, 0.3) is 37.4 Å². The number of aromatic nitrogens is 6. The molecule has 0 aliphatic carbocycles. The lowest BCUT2D eigenvalue weighted by Crippen LogP contribution is -2.49. The number of carbonyl (C=O) groups excluding carboxylic acids is 1. The molecule has 1 aliphatic rings. The van der Waals surface area contributed by atoms with Crippen molar-refractivity contribution in [2.45, 2.75) is 18.9 Å². The molecular formula is C30H22FN9OS. The summed E-state index contributed by atoms with van der Waals surface area (Å²) in [5, 5.41) is 21.7. The van der Waals surface area contributed by atoms with Gasteiger partial charge in [-0.25, -0.2) is 19.3 Å². The summed E-state index contributed by atoms with van der Waals surface area (Å²) in [7, 11) is 0. The molecule has 6 heterocycles. The molecule has 1 N–H and O–H groups in total. The predicted octanol–water partition coefficient (Wildman–Crippen LogP) is 4.90. The lowest BCUT2D eigenvalue weighted by molar-refractivity contribution is 0.0968. The van der Waals surface area contributed by atoms with Gasteiger partial charge in [0.15, 0.2) is 5.65 Å². The Kier molecular flexibility index (Phi) is 6.58. The number of pyridine rings is 3. The van der Waals surface area contributed by atoms with E-state index in [4.69, 9.17) is 0 Å². The SMILES string of the molecule is N#Cc1cc(-c2cc3c(N(C(=O)c4ccc(-n5nnc6cccnc65)cc4F)[C@@H]4CCCNC4)nccc3s2)ccn1. The van der Waals surface area contributed by atoms with Gasteiger partial charge in [0, 0.05) is 46.2 Å². The Labute approximate surface area is 243 Å². The molecule has 206 valence electrons. The van der Waals surface area contributed by atoms with Crippen molar-refractivity contribution in [1.82, 2.24) is 35.3 Å². The third kappa shape index (κ3) is 4.54. The van der Waals surface area contributed by atoms with Crippen LogP contribution in [-0.4, -0.2) is 55.0 Å². The van der Waals surface area contributed by atoms with E-state index in [1.54, 1.807) is 47.8 Å². The molecule has 1 saturated heterocycles. The highest BCUT2D eigenvalue weighted by atomic mass is 32.1. The number of rotatable bonds is 5. The molecule has 1 amide bonds. The van der Waals surface area contributed by atoms with Gasteiger partial charge in [-0.05, 0) is 73.5 Å². The summed E-state index contributed by atoms with van der Waals surface area (Å²) in [6, 6.07) is 17.2. The van der Waals surface area contributed by atoms with E-state index in [0.717, 1.165) is 39.9 Å². The van der Waals surface area contributed by atoms with Crippen LogP contribution in [0.5, 0.6) is 0 Å². The van der Waals surface area contributed by atoms with E-state index in [9.17, 15) is 10.1 Å². The maximum atomic E-state index is 15.8. The van der Waals surface area contributed by atoms with E-state index in [-0.39, 0.29) is 11.6 Å². The van der Waals surface area contributed by atoms with Crippen LogP contribution < -0.4 is 10.2 Å². The Morgan fingerprint density at radius 1 is 1.10 bits per heavy atom. The van der Waals surface area contributed by atoms with Gasteiger partial charge in [-0.1, -0.05) is 5.21 Å². The lowest BCUT2D eigenvalue weighted by Gasteiger charge is -2.34. The van der Waals surface area contributed by atoms with Gasteiger partial charge >= 0.3 is 0 Å². The first kappa shape index (κ1) is 25.8. The van der Waals surface area contributed by atoms with Gasteiger partial charge < -0.3 is 5.32 Å². The Morgan fingerprint density at radius 3 is 2.83 bits per heavy atom. The first-order valence-corrected chi connectivity index (χ1v) is 14.2. The number of hydrogen-bond acceptors (Lipinski definition) is 9. The average molecular weight is 576 g/mol. The summed E-state index contributed by atoms with van der Waals surface area (Å²) in [5.41, 5.74) is 2.59. The van der Waals surface area contributed by atoms with E-state index >= 15 is 4.39 Å². The third-order valence-corrected chi connectivity index (χ3v) is 8.45. The second-order valence-corrected chi connectivity index (χ2v) is 11.0. The van der Waals surface area contributed by atoms with E-state index in [1.807, 2.05) is 18.2 Å². The topological polar surface area (TPSA) is 126 Å². The molecule has 0 spiro atoms. The van der Waals surface area contributed by atoms with Gasteiger partial charge in [-0.3, -0.25) is 9.69 Å². The first-order valence-electron chi connectivity index (χ1n) is 13.4. The largest absolute Gasteiger partial charge is 0.315 e. The van der Waals surface area contributed by atoms with Gasteiger partial charge in [0.05, 0.1) is 17.3 Å². The van der Waals surface area contributed by atoms with Crippen LogP contribution in [0, 0.1) is 17.1 Å². The molecule has 0 bridgehead atoms. The van der Waals surface area contributed by atoms with Crippen LogP contribution in [0.1, 0.15) is 28.9 Å². The predicted molar refractivity (Wildman–Crippen MR) is 157 cm³/mol. The molecule has 5 aromatic heterocycles. The first-order chi connectivity index (χ1) is 20.6. The van der Waals surface area contributed by atoms with Crippen molar-refractivity contribution in [2.75, 3.05) is 18.0 Å². The smallest absolute Gasteiger partial charge is 0.262 e. The quantitative estimate of drug-likeness (QED) is 0.308. The van der Waals surface area contributed by atoms with Crippen LogP contribution in [0.15, 0.2) is 73.2 Å². The van der Waals surface area contributed by atoms with Crippen LogP contribution in [-0.2, 0) is 0 Å². The highest BCUT2D eigenvalue weighted by Gasteiger charge is 2.32. The normalized spacial score (nSPS) is 15.1. The zero-order valence-corrected chi connectivity index (χ0v) is 22.9. The highest BCUT2D eigenvalue weighted by Crippen LogP contribution is 2.39. The summed E-state index contributed by atoms with van der Waals surface area (Å²) in [4.78, 5) is 29.8. The Hall–Kier alpha value is -5.12. The van der Waals surface area contributed by atoms with Crippen LogP contribution in [0.2, 0.25) is 0 Å². The molecule has 6 aromatic rings. The third-order valence-electron chi connectivity index (χ3n) is 7.30. The van der Waals surface area contributed by atoms with Crippen molar-refractivity contribution in [1.29, 1.82) is 5.26 Å². The zero-order valence-electron chi connectivity index (χ0n) is 22.1. The molecule has 10 nitrogen and oxygen atoms in total. The molecule has 0 radical (unpaired) electrons. The monoisotopic (exact) mass is 575 g/mol. The van der Waals surface area contributed by atoms with E-state index in [2.05, 4.69) is 36.7 Å². The number of amides is 1. The number of nitrogens with zero attached hydrogens (tertiary/aromatic N) is 8. The fraction of sp³-hybridized carbons (Fsp3) is 0.167. The number of nitriles is 1. The van der Waals surface area contributed by atoms with Gasteiger partial charge in [0.1, 0.15) is 28.9 Å². The number of carbonyl (C=O) groups is 1. The maximum Gasteiger partial charge on any atom is 0.262 e. The van der Waals surface area contributed by atoms with Crippen molar-refractivity contribution >= 4 is 44.3 Å². The van der Waals surface area contributed by atoms with Crippen molar-refractivity contribution in [3.63, 3.8) is 0 Å². The number of thiophene rings is 1. The summed E-state index contributed by atoms with van der Waals surface area (Å²) < 4.78 is 18.1. The number of benzene rings is 1. The Morgan fingerprint density at radius 2 is 2.00 bits per heavy atom. The number of anilines is 1. The minimum absolute atomic E-state index is 0.0660. The second-order valence-electron chi connectivity index (χ2n) is 9.89. The van der Waals surface area contributed by atoms with Crippen LogP contribution in [0.4, 0.5) is 10.2 Å². The molecule has 0 unspecified atom stereocenters. The average Bonchev–Trinajstić information content (AvgIpc) is 3.67. The van der Waals surface area contributed by atoms with E-state index in [1.165, 1.54) is 28.2 Å². The van der Waals surface area contributed by atoms with Gasteiger partial charge in [-0.15, -0.1) is 16.4 Å². The summed E-state index contributed by atoms with van der Waals surface area (Å²) in [6.07, 6.45) is 6.52. The maximum absolute atomic E-state index is 15.8. The van der Waals surface area contributed by atoms with Gasteiger partial charge in [-0.2, -0.15) is 9.94 Å². The molecule has 0 saturated carbocycles. The highest BCUT2D eigenvalue weighted by molar-refractivity contribution is 7.22. The minimum Gasteiger partial charge on any atom is -0.315 e. The Balaban J connectivity index is 1.31. The number of hydrogen-bond donors (Lipinski definition) is 1. The van der Waals surface area contributed by atoms with Crippen LogP contribution >= 0.6 is 11.3 Å². The number of halogens is 1. The number of piperidine rings is 1. The molecular weight excluding hydrogens is 553 g/mol. The molecule has 42 heavy (non-hydrogen) atoms. The summed E-state index contributed by atoms with van der Waals surface area (Å²) in [6.45, 7) is 1.41. The lowest BCUT2D eigenvalue weighted by atomic mass is 10.0. The minimum atomic E-state index is -0.676. The molecule has 1 fully saturated rings. The molecule has 7 rings (SSSR count). The van der Waals surface area contributed by atoms with Gasteiger partial charge in [0.25, 0.3) is 5.91 Å². The van der Waals surface area contributed by atoms with Crippen molar-refractivity contribution < 1.29 is 9.18 Å². The van der Waals surface area contributed by atoms with Crippen molar-refractivity contribution in [3.05, 3.63) is 90.3 Å². The van der Waals surface area contributed by atoms with E-state index < -0.39 is 11.7 Å². The molecule has 12 heteroatoms. The standard InChI is InChI=1S/C30H22FN9OS/c31-24-14-20(40-29-25(37-38-40)4-2-10-35-29)5-6-22(24)30(41)39(21-3-1-9-33-17-21)28-23-15-27(42-26(23)8-12-36-28)18-7-11-34-19(13-18)16-32/h2,4-8,10-15,21,33H,1,3,9,17H2/t21-/m1/s1. The number of nitrogens with one attached hydrogen (secondary N) is 1. The second kappa shape index (κ2) is 10.7. The van der Waals surface area contributed by atoms with Crippen molar-refractivity contribution in [3.8, 4) is 22.2 Å². The molecule has 1 aromatic carbocycles. The fourth-order valence-corrected chi connectivity index (χ4v) is 6.34. The summed E-state index contributed by atoms with van der Waals surface area (Å²) in [5.74, 6) is -0.680. The van der Waals surface area contributed by atoms with Gasteiger partial charge in [0.2, 0.25) is 0 Å². The van der Waals surface area contributed by atoms with E-state index in [0.29, 0.717) is 34.9 Å². The zero-order chi connectivity index (χ0) is 28.6. The van der Waals surface area contributed by atoms with Crippen LogP contribution in [0.3, 0.4) is 0 Å². The molecule has 1 atom stereocenters. The number of fused-ring (bicyclic) bond motifs is 2. The Bertz CT molecular complexity index is 2010.